The first-order valence-corrected chi connectivity index (χ1v) is 10.4. The van der Waals surface area contributed by atoms with Crippen LogP contribution < -0.4 is 5.32 Å². The number of hydrogen-bond acceptors (Lipinski definition) is 4. The maximum Gasteiger partial charge on any atom is 0.237 e. The number of benzene rings is 2. The summed E-state index contributed by atoms with van der Waals surface area (Å²) in [5.74, 6) is 0.684. The molecule has 7 heteroatoms. The molecule has 1 atom stereocenters. The maximum absolute atomic E-state index is 12.7. The van der Waals surface area contributed by atoms with Crippen molar-refractivity contribution >= 4 is 35.0 Å². The van der Waals surface area contributed by atoms with Gasteiger partial charge in [-0.3, -0.25) is 4.79 Å². The van der Waals surface area contributed by atoms with Crippen molar-refractivity contribution in [1.82, 2.24) is 14.8 Å². The Bertz CT molecular complexity index is 1000. The van der Waals surface area contributed by atoms with E-state index >= 15 is 0 Å². The van der Waals surface area contributed by atoms with E-state index in [0.29, 0.717) is 16.7 Å². The molecule has 3 rings (SSSR count). The zero-order valence-electron chi connectivity index (χ0n) is 16.4. The first-order valence-electron chi connectivity index (χ1n) is 9.13. The van der Waals surface area contributed by atoms with E-state index in [4.69, 9.17) is 11.6 Å². The van der Waals surface area contributed by atoms with Crippen LogP contribution in [0.25, 0.3) is 11.4 Å². The van der Waals surface area contributed by atoms with Crippen molar-refractivity contribution in [2.75, 3.05) is 5.32 Å². The molecule has 0 spiro atoms. The Kier molecular flexibility index (Phi) is 6.42. The fraction of sp³-hybridized carbons (Fsp3) is 0.286. The van der Waals surface area contributed by atoms with Crippen LogP contribution in [0, 0.1) is 13.8 Å². The SMILES string of the molecule is CCn1c(S[C@H](C)C(=O)Nc2cc(C)ccc2C)nnc1-c1cccc(Cl)c1. The van der Waals surface area contributed by atoms with Crippen LogP contribution >= 0.6 is 23.4 Å². The first-order chi connectivity index (χ1) is 13.4. The minimum Gasteiger partial charge on any atom is -0.325 e. The van der Waals surface area contributed by atoms with Gasteiger partial charge < -0.3 is 9.88 Å². The highest BCUT2D eigenvalue weighted by molar-refractivity contribution is 8.00. The fourth-order valence-corrected chi connectivity index (χ4v) is 3.92. The van der Waals surface area contributed by atoms with Gasteiger partial charge in [-0.2, -0.15) is 0 Å². The number of amides is 1. The molecular weight excluding hydrogens is 392 g/mol. The van der Waals surface area contributed by atoms with Crippen molar-refractivity contribution in [3.63, 3.8) is 0 Å². The van der Waals surface area contributed by atoms with Gasteiger partial charge in [0.1, 0.15) is 0 Å². The van der Waals surface area contributed by atoms with Gasteiger partial charge in [0.05, 0.1) is 5.25 Å². The van der Waals surface area contributed by atoms with Gasteiger partial charge in [-0.05, 0) is 57.0 Å². The zero-order chi connectivity index (χ0) is 20.3. The molecule has 1 N–H and O–H groups in total. The predicted octanol–water partition coefficient (Wildman–Crippen LogP) is 5.35. The number of rotatable bonds is 6. The molecule has 0 aliphatic rings. The molecule has 146 valence electrons. The molecule has 1 heterocycles. The van der Waals surface area contributed by atoms with Gasteiger partial charge in [-0.1, -0.05) is 47.6 Å². The Morgan fingerprint density at radius 3 is 2.71 bits per heavy atom. The first kappa shape index (κ1) is 20.4. The van der Waals surface area contributed by atoms with Gasteiger partial charge in [0.15, 0.2) is 11.0 Å². The van der Waals surface area contributed by atoms with E-state index in [2.05, 4.69) is 15.5 Å². The number of aromatic nitrogens is 3. The number of aryl methyl sites for hydroxylation is 2. The molecule has 0 saturated carbocycles. The highest BCUT2D eigenvalue weighted by atomic mass is 35.5. The highest BCUT2D eigenvalue weighted by Gasteiger charge is 2.21. The van der Waals surface area contributed by atoms with E-state index in [1.54, 1.807) is 0 Å². The van der Waals surface area contributed by atoms with Gasteiger partial charge in [0.2, 0.25) is 5.91 Å². The summed E-state index contributed by atoms with van der Waals surface area (Å²) in [6.07, 6.45) is 0. The van der Waals surface area contributed by atoms with Gasteiger partial charge >= 0.3 is 0 Å². The molecule has 0 aliphatic heterocycles. The number of thioether (sulfide) groups is 1. The van der Waals surface area contributed by atoms with E-state index < -0.39 is 0 Å². The molecule has 0 bridgehead atoms. The van der Waals surface area contributed by atoms with Crippen molar-refractivity contribution in [3.05, 3.63) is 58.6 Å². The van der Waals surface area contributed by atoms with Crippen LogP contribution in [-0.4, -0.2) is 25.9 Å². The van der Waals surface area contributed by atoms with E-state index in [-0.39, 0.29) is 11.2 Å². The number of carbonyl (C=O) groups excluding carboxylic acids is 1. The number of anilines is 1. The normalized spacial score (nSPS) is 12.0. The smallest absolute Gasteiger partial charge is 0.237 e. The van der Waals surface area contributed by atoms with Crippen LogP contribution in [0.3, 0.4) is 0 Å². The van der Waals surface area contributed by atoms with Crippen LogP contribution in [0.15, 0.2) is 47.6 Å². The third-order valence-electron chi connectivity index (χ3n) is 4.42. The fourth-order valence-electron chi connectivity index (χ4n) is 2.82. The Balaban J connectivity index is 1.77. The van der Waals surface area contributed by atoms with Gasteiger partial charge in [0.25, 0.3) is 0 Å². The monoisotopic (exact) mass is 414 g/mol. The van der Waals surface area contributed by atoms with E-state index in [9.17, 15) is 4.79 Å². The average molecular weight is 415 g/mol. The Morgan fingerprint density at radius 1 is 1.21 bits per heavy atom. The summed E-state index contributed by atoms with van der Waals surface area (Å²) < 4.78 is 2.00. The maximum atomic E-state index is 12.7. The minimum absolute atomic E-state index is 0.0614. The average Bonchev–Trinajstić information content (AvgIpc) is 3.07. The van der Waals surface area contributed by atoms with Gasteiger partial charge in [-0.25, -0.2) is 0 Å². The van der Waals surface area contributed by atoms with Crippen molar-refractivity contribution in [3.8, 4) is 11.4 Å². The standard InChI is InChI=1S/C21H23ClN4OS/c1-5-26-19(16-7-6-8-17(22)12-16)24-25-21(26)28-15(4)20(27)23-18-11-13(2)9-10-14(18)3/h6-12,15H,5H2,1-4H3,(H,23,27)/t15-/m1/s1. The molecule has 1 aromatic heterocycles. The second-order valence-corrected chi connectivity index (χ2v) is 8.37. The van der Waals surface area contributed by atoms with Crippen LogP contribution in [0.1, 0.15) is 25.0 Å². The predicted molar refractivity (Wildman–Crippen MR) is 116 cm³/mol. The van der Waals surface area contributed by atoms with Crippen LogP contribution in [0.4, 0.5) is 5.69 Å². The lowest BCUT2D eigenvalue weighted by Crippen LogP contribution is -2.23. The number of nitrogens with zero attached hydrogens (tertiary/aromatic N) is 3. The number of halogens is 1. The van der Waals surface area contributed by atoms with Gasteiger partial charge in [-0.15, -0.1) is 10.2 Å². The topological polar surface area (TPSA) is 59.8 Å². The molecule has 0 fully saturated rings. The molecule has 5 nitrogen and oxygen atoms in total. The summed E-state index contributed by atoms with van der Waals surface area (Å²) >= 11 is 7.50. The molecule has 2 aromatic carbocycles. The van der Waals surface area contributed by atoms with Crippen molar-refractivity contribution < 1.29 is 4.79 Å². The quantitative estimate of drug-likeness (QED) is 0.552. The highest BCUT2D eigenvalue weighted by Crippen LogP contribution is 2.28. The summed E-state index contributed by atoms with van der Waals surface area (Å²) in [6.45, 7) is 8.59. The third-order valence-corrected chi connectivity index (χ3v) is 5.73. The molecule has 28 heavy (non-hydrogen) atoms. The van der Waals surface area contributed by atoms with Crippen molar-refractivity contribution in [1.29, 1.82) is 0 Å². The van der Waals surface area contributed by atoms with Crippen molar-refractivity contribution in [2.45, 2.75) is 44.6 Å². The van der Waals surface area contributed by atoms with E-state index in [0.717, 1.165) is 28.2 Å². The number of hydrogen-bond donors (Lipinski definition) is 1. The van der Waals surface area contributed by atoms with Crippen molar-refractivity contribution in [2.24, 2.45) is 0 Å². The third kappa shape index (κ3) is 4.56. The van der Waals surface area contributed by atoms with E-state index in [1.165, 1.54) is 11.8 Å². The lowest BCUT2D eigenvalue weighted by Gasteiger charge is -2.14. The summed E-state index contributed by atoms with van der Waals surface area (Å²) in [7, 11) is 0. The minimum atomic E-state index is -0.318. The largest absolute Gasteiger partial charge is 0.325 e. The summed E-state index contributed by atoms with van der Waals surface area (Å²) in [6, 6.07) is 13.6. The summed E-state index contributed by atoms with van der Waals surface area (Å²) in [5.41, 5.74) is 3.89. The Hall–Kier alpha value is -2.31. The molecule has 0 unspecified atom stereocenters. The molecule has 1 amide bonds. The Morgan fingerprint density at radius 2 is 2.00 bits per heavy atom. The molecule has 0 radical (unpaired) electrons. The van der Waals surface area contributed by atoms with Crippen LogP contribution in [0.2, 0.25) is 5.02 Å². The summed E-state index contributed by atoms with van der Waals surface area (Å²) in [4.78, 5) is 12.7. The number of carbonyl (C=O) groups is 1. The zero-order valence-corrected chi connectivity index (χ0v) is 17.9. The molecule has 3 aromatic rings. The number of nitrogens with one attached hydrogen (secondary N) is 1. The van der Waals surface area contributed by atoms with Gasteiger partial charge in [0, 0.05) is 22.8 Å². The van der Waals surface area contributed by atoms with Crippen LogP contribution in [0.5, 0.6) is 0 Å². The molecule has 0 aliphatic carbocycles. The lowest BCUT2D eigenvalue weighted by molar-refractivity contribution is -0.115. The lowest BCUT2D eigenvalue weighted by atomic mass is 10.1. The van der Waals surface area contributed by atoms with E-state index in [1.807, 2.05) is 74.7 Å². The summed E-state index contributed by atoms with van der Waals surface area (Å²) in [5, 5.41) is 12.7. The Labute approximate surface area is 174 Å². The second-order valence-electron chi connectivity index (χ2n) is 6.63. The second kappa shape index (κ2) is 8.80. The molecular formula is C21H23ClN4OS. The molecule has 0 saturated heterocycles. The van der Waals surface area contributed by atoms with Crippen LogP contribution in [-0.2, 0) is 11.3 Å².